The van der Waals surface area contributed by atoms with Crippen molar-refractivity contribution in [3.63, 3.8) is 0 Å². The number of nitrogens with zero attached hydrogens (tertiary/aromatic N) is 3. The van der Waals surface area contributed by atoms with Crippen LogP contribution in [-0.4, -0.2) is 41.2 Å². The van der Waals surface area contributed by atoms with Crippen LogP contribution in [0.5, 0.6) is 0 Å². The molecule has 0 saturated heterocycles. The minimum atomic E-state index is -1.10. The van der Waals surface area contributed by atoms with Gasteiger partial charge in [0.25, 0.3) is 11.8 Å². The molecule has 0 bridgehead atoms. The van der Waals surface area contributed by atoms with Crippen LogP contribution in [0.2, 0.25) is 0 Å². The Labute approximate surface area is 225 Å². The number of aromatic nitrogens is 1. The van der Waals surface area contributed by atoms with E-state index in [1.807, 2.05) is 48.5 Å². The third-order valence-corrected chi connectivity index (χ3v) is 6.77. The smallest absolute Gasteiger partial charge is 0.338 e. The molecule has 0 radical (unpaired) electrons. The average Bonchev–Trinajstić information content (AvgIpc) is 3.38. The van der Waals surface area contributed by atoms with Crippen LogP contribution in [0.15, 0.2) is 102 Å². The molecule has 0 aliphatic carbocycles. The van der Waals surface area contributed by atoms with E-state index in [0.717, 1.165) is 27.9 Å². The molecule has 8 heteroatoms. The molecule has 0 fully saturated rings. The fourth-order valence-electron chi connectivity index (χ4n) is 4.94. The van der Waals surface area contributed by atoms with E-state index >= 15 is 0 Å². The number of aliphatic imine (C=N–C) groups is 1. The van der Waals surface area contributed by atoms with Crippen LogP contribution in [0.4, 0.5) is 5.69 Å². The number of anilines is 1. The van der Waals surface area contributed by atoms with Crippen molar-refractivity contribution < 1.29 is 19.1 Å². The zero-order chi connectivity index (χ0) is 26.8. The van der Waals surface area contributed by atoms with E-state index in [2.05, 4.69) is 10.3 Å². The molecule has 0 spiro atoms. The van der Waals surface area contributed by atoms with E-state index in [4.69, 9.17) is 9.73 Å². The van der Waals surface area contributed by atoms with Crippen LogP contribution >= 0.6 is 0 Å². The van der Waals surface area contributed by atoms with Crippen LogP contribution in [0.1, 0.15) is 43.0 Å². The summed E-state index contributed by atoms with van der Waals surface area (Å²) in [7, 11) is 0. The fraction of sp³-hybridized carbons (Fsp3) is 0.129. The number of carbonyl (C=O) groups is 3. The first-order valence-corrected chi connectivity index (χ1v) is 12.6. The number of amides is 2. The molecule has 1 atom stereocenters. The molecule has 2 amide bonds. The second-order valence-electron chi connectivity index (χ2n) is 9.29. The van der Waals surface area contributed by atoms with Gasteiger partial charge in [-0.25, -0.2) is 9.79 Å². The van der Waals surface area contributed by atoms with Gasteiger partial charge in [-0.2, -0.15) is 0 Å². The lowest BCUT2D eigenvalue weighted by molar-refractivity contribution is -0.120. The van der Waals surface area contributed by atoms with Gasteiger partial charge in [-0.1, -0.05) is 54.6 Å². The van der Waals surface area contributed by atoms with Gasteiger partial charge in [-0.3, -0.25) is 14.6 Å². The molecule has 1 N–H and O–H groups in total. The van der Waals surface area contributed by atoms with Gasteiger partial charge in [0.05, 0.1) is 17.0 Å². The Morgan fingerprint density at radius 3 is 2.38 bits per heavy atom. The molecule has 4 aromatic rings. The van der Waals surface area contributed by atoms with Gasteiger partial charge >= 0.3 is 5.97 Å². The first kappa shape index (κ1) is 24.2. The molecule has 0 saturated carbocycles. The Bertz CT molecular complexity index is 1590. The topological polar surface area (TPSA) is 101 Å². The molecule has 2 aliphatic heterocycles. The second-order valence-corrected chi connectivity index (χ2v) is 9.29. The maximum Gasteiger partial charge on any atom is 0.338 e. The number of benzene rings is 3. The number of nitrogens with one attached hydrogen (secondary N) is 1. The summed E-state index contributed by atoms with van der Waals surface area (Å²) in [4.78, 5) is 49.7. The molecule has 192 valence electrons. The van der Waals surface area contributed by atoms with Crippen LogP contribution < -0.4 is 10.2 Å². The number of pyridine rings is 1. The number of rotatable bonds is 6. The molecule has 2 aliphatic rings. The van der Waals surface area contributed by atoms with Crippen molar-refractivity contribution in [3.05, 3.63) is 131 Å². The fourth-order valence-corrected chi connectivity index (χ4v) is 4.94. The summed E-state index contributed by atoms with van der Waals surface area (Å²) < 4.78 is 5.59. The van der Waals surface area contributed by atoms with Crippen molar-refractivity contribution in [3.8, 4) is 0 Å². The molecular formula is C31H24N4O4. The van der Waals surface area contributed by atoms with Crippen molar-refractivity contribution in [2.24, 2.45) is 4.99 Å². The van der Waals surface area contributed by atoms with Gasteiger partial charge in [0, 0.05) is 35.6 Å². The lowest BCUT2D eigenvalue weighted by Crippen LogP contribution is -2.46. The van der Waals surface area contributed by atoms with E-state index in [1.54, 1.807) is 53.7 Å². The number of hydrogen-bond acceptors (Lipinski definition) is 6. The summed E-state index contributed by atoms with van der Waals surface area (Å²) in [5, 5.41) is 2.83. The van der Waals surface area contributed by atoms with Gasteiger partial charge in [-0.15, -0.1) is 0 Å². The maximum atomic E-state index is 13.7. The molecule has 1 aromatic heterocycles. The van der Waals surface area contributed by atoms with Gasteiger partial charge in [0.15, 0.2) is 0 Å². The third-order valence-electron chi connectivity index (χ3n) is 6.77. The van der Waals surface area contributed by atoms with Crippen molar-refractivity contribution in [2.75, 3.05) is 11.4 Å². The van der Waals surface area contributed by atoms with Crippen molar-refractivity contribution in [1.82, 2.24) is 10.3 Å². The van der Waals surface area contributed by atoms with Crippen molar-refractivity contribution in [2.45, 2.75) is 19.2 Å². The van der Waals surface area contributed by atoms with E-state index in [1.165, 1.54) is 0 Å². The van der Waals surface area contributed by atoms with Crippen molar-refractivity contribution in [1.29, 1.82) is 0 Å². The highest BCUT2D eigenvalue weighted by Gasteiger charge is 2.37. The second kappa shape index (κ2) is 10.3. The molecule has 3 heterocycles. The summed E-state index contributed by atoms with van der Waals surface area (Å²) in [5.41, 5.74) is 5.56. The lowest BCUT2D eigenvalue weighted by Gasteiger charge is -2.21. The molecule has 6 rings (SSSR count). The highest BCUT2D eigenvalue weighted by Crippen LogP contribution is 2.37. The Morgan fingerprint density at radius 2 is 1.64 bits per heavy atom. The number of esters is 1. The largest absolute Gasteiger partial charge is 0.457 e. The standard InChI is InChI=1S/C31H24N4O4/c36-29(22-9-5-2-6-10-22)34-28-30(37)35-16-13-24-17-20(19-39-31(38)23-11-14-32-15-12-23)18-25(27(24)35)26(33-28)21-7-3-1-4-8-21/h1-12,14-15,17-18,28H,13,16,19H2,(H,34,36). The van der Waals surface area contributed by atoms with Crippen LogP contribution in [0.25, 0.3) is 0 Å². The van der Waals surface area contributed by atoms with Gasteiger partial charge in [0.1, 0.15) is 6.61 Å². The maximum absolute atomic E-state index is 13.7. The Hall–Kier alpha value is -5.11. The molecule has 8 nitrogen and oxygen atoms in total. The molecule has 39 heavy (non-hydrogen) atoms. The zero-order valence-electron chi connectivity index (χ0n) is 20.9. The predicted molar refractivity (Wildman–Crippen MR) is 146 cm³/mol. The quantitative estimate of drug-likeness (QED) is 0.392. The monoisotopic (exact) mass is 516 g/mol. The SMILES string of the molecule is O=C(NC1N=C(c2ccccc2)c2cc(COC(=O)c3ccncc3)cc3c2N(CC3)C1=O)c1ccccc1. The van der Waals surface area contributed by atoms with Crippen molar-refractivity contribution >= 4 is 29.2 Å². The Kier molecular flexibility index (Phi) is 6.42. The first-order chi connectivity index (χ1) is 19.1. The summed E-state index contributed by atoms with van der Waals surface area (Å²) in [6.07, 6.45) is 2.63. The lowest BCUT2D eigenvalue weighted by atomic mass is 9.95. The number of ether oxygens (including phenoxy) is 1. The predicted octanol–water partition coefficient (Wildman–Crippen LogP) is 3.93. The third kappa shape index (κ3) is 4.80. The van der Waals surface area contributed by atoms with E-state index in [-0.39, 0.29) is 18.4 Å². The normalized spacial score (nSPS) is 15.7. The van der Waals surface area contributed by atoms with Crippen LogP contribution in [0, 0.1) is 0 Å². The van der Waals surface area contributed by atoms with E-state index in [0.29, 0.717) is 29.8 Å². The highest BCUT2D eigenvalue weighted by atomic mass is 16.5. The van der Waals surface area contributed by atoms with Gasteiger partial charge in [0.2, 0.25) is 6.17 Å². The number of hydrogen-bond donors (Lipinski definition) is 1. The van der Waals surface area contributed by atoms with Gasteiger partial charge < -0.3 is 15.0 Å². The summed E-state index contributed by atoms with van der Waals surface area (Å²) in [6, 6.07) is 25.4. The zero-order valence-corrected chi connectivity index (χ0v) is 20.9. The minimum absolute atomic E-state index is 0.0611. The summed E-state index contributed by atoms with van der Waals surface area (Å²) in [5.74, 6) is -1.11. The summed E-state index contributed by atoms with van der Waals surface area (Å²) >= 11 is 0. The minimum Gasteiger partial charge on any atom is -0.457 e. The highest BCUT2D eigenvalue weighted by molar-refractivity contribution is 6.21. The molecule has 3 aromatic carbocycles. The Morgan fingerprint density at radius 1 is 0.923 bits per heavy atom. The van der Waals surface area contributed by atoms with Crippen LogP contribution in [0.3, 0.4) is 0 Å². The first-order valence-electron chi connectivity index (χ1n) is 12.6. The molecular weight excluding hydrogens is 492 g/mol. The van der Waals surface area contributed by atoms with Crippen LogP contribution in [-0.2, 0) is 22.6 Å². The molecule has 1 unspecified atom stereocenters. The average molecular weight is 517 g/mol. The Balaban J connectivity index is 1.38. The van der Waals surface area contributed by atoms with Gasteiger partial charge in [-0.05, 0) is 47.9 Å². The van der Waals surface area contributed by atoms with E-state index in [9.17, 15) is 14.4 Å². The number of carbonyl (C=O) groups excluding carboxylic acids is 3. The van der Waals surface area contributed by atoms with E-state index < -0.39 is 12.1 Å². The summed E-state index contributed by atoms with van der Waals surface area (Å²) in [6.45, 7) is 0.530.